The number of hydrogen-bond acceptors (Lipinski definition) is 2. The van der Waals surface area contributed by atoms with Crippen molar-refractivity contribution in [2.75, 3.05) is 5.32 Å². The highest BCUT2D eigenvalue weighted by atomic mass is 79.9. The molecule has 100 valence electrons. The highest BCUT2D eigenvalue weighted by Gasteiger charge is 2.23. The second-order valence-electron chi connectivity index (χ2n) is 4.88. The number of anilines is 1. The van der Waals surface area contributed by atoms with E-state index in [0.29, 0.717) is 6.04 Å². The maximum Gasteiger partial charge on any atom is 0.0548 e. The molecule has 3 rings (SSSR count). The van der Waals surface area contributed by atoms with Crippen LogP contribution in [0.25, 0.3) is 0 Å². The molecule has 19 heavy (non-hydrogen) atoms. The van der Waals surface area contributed by atoms with Crippen LogP contribution >= 0.6 is 27.5 Å². The lowest BCUT2D eigenvalue weighted by Crippen LogP contribution is -2.18. The number of nitrogens with one attached hydrogen (secondary N) is 1. The van der Waals surface area contributed by atoms with Crippen molar-refractivity contribution in [2.45, 2.75) is 25.3 Å². The van der Waals surface area contributed by atoms with Crippen LogP contribution in [0, 0.1) is 0 Å². The maximum atomic E-state index is 6.06. The van der Waals surface area contributed by atoms with E-state index in [2.05, 4.69) is 26.3 Å². The van der Waals surface area contributed by atoms with E-state index >= 15 is 0 Å². The highest BCUT2D eigenvalue weighted by Crippen LogP contribution is 2.35. The molecule has 1 atom stereocenters. The monoisotopic (exact) mass is 339 g/mol. The Morgan fingerprint density at radius 2 is 2.32 bits per heavy atom. The Bertz CT molecular complexity index is 609. The number of benzene rings is 1. The second-order valence-corrected chi connectivity index (χ2v) is 6.17. The van der Waals surface area contributed by atoms with Gasteiger partial charge in [0.2, 0.25) is 0 Å². The molecule has 0 amide bonds. The quantitative estimate of drug-likeness (QED) is 0.882. The van der Waals surface area contributed by atoms with Gasteiger partial charge in [0, 0.05) is 27.8 Å². The molecule has 2 aromatic rings. The summed E-state index contributed by atoms with van der Waals surface area (Å²) in [6.07, 6.45) is 5.39. The van der Waals surface area contributed by atoms with Gasteiger partial charge in [0.25, 0.3) is 0 Å². The van der Waals surface area contributed by atoms with Crippen LogP contribution in [0.3, 0.4) is 0 Å². The molecule has 0 radical (unpaired) electrons. The fourth-order valence-corrected chi connectivity index (χ4v) is 3.19. The lowest BCUT2D eigenvalue weighted by Gasteiger charge is -2.25. The summed E-state index contributed by atoms with van der Waals surface area (Å²) in [6.45, 7) is 0. The minimum absolute atomic E-state index is 0.312. The molecule has 1 N–H and O–H groups in total. The molecular weight excluding hydrogens is 326 g/mol. The molecular formula is C14H15BrClN3. The Morgan fingerprint density at radius 1 is 1.47 bits per heavy atom. The molecule has 0 saturated carbocycles. The fraction of sp³-hybridized carbons (Fsp3) is 0.357. The van der Waals surface area contributed by atoms with E-state index in [1.54, 1.807) is 0 Å². The average molecular weight is 341 g/mol. The van der Waals surface area contributed by atoms with E-state index in [1.165, 1.54) is 17.7 Å². The maximum absolute atomic E-state index is 6.06. The third-order valence-corrected chi connectivity index (χ3v) is 4.56. The van der Waals surface area contributed by atoms with Gasteiger partial charge < -0.3 is 5.32 Å². The highest BCUT2D eigenvalue weighted by molar-refractivity contribution is 9.10. The predicted molar refractivity (Wildman–Crippen MR) is 81.7 cm³/mol. The summed E-state index contributed by atoms with van der Waals surface area (Å²) >= 11 is 9.62. The Hall–Kier alpha value is -1.000. The SMILES string of the molecule is Cn1ncc2c1CCCC2Nc1cc(Cl)ccc1Br. The van der Waals surface area contributed by atoms with Crippen molar-refractivity contribution < 1.29 is 0 Å². The van der Waals surface area contributed by atoms with Crippen molar-refractivity contribution in [1.82, 2.24) is 9.78 Å². The summed E-state index contributed by atoms with van der Waals surface area (Å²) in [5.41, 5.74) is 3.68. The molecule has 1 aromatic heterocycles. The summed E-state index contributed by atoms with van der Waals surface area (Å²) < 4.78 is 3.02. The van der Waals surface area contributed by atoms with Gasteiger partial charge in [-0.2, -0.15) is 5.10 Å². The Kier molecular flexibility index (Phi) is 3.54. The molecule has 0 aliphatic heterocycles. The van der Waals surface area contributed by atoms with Crippen LogP contribution in [0.5, 0.6) is 0 Å². The number of nitrogens with zero attached hydrogens (tertiary/aromatic N) is 2. The molecule has 5 heteroatoms. The summed E-state index contributed by atoms with van der Waals surface area (Å²) in [5, 5.41) is 8.69. The predicted octanol–water partition coefficient (Wildman–Crippen LogP) is 4.33. The number of aromatic nitrogens is 2. The number of rotatable bonds is 2. The van der Waals surface area contributed by atoms with Crippen molar-refractivity contribution in [3.05, 3.63) is 45.1 Å². The van der Waals surface area contributed by atoms with Gasteiger partial charge in [-0.3, -0.25) is 4.68 Å². The molecule has 1 aromatic carbocycles. The minimum Gasteiger partial charge on any atom is -0.377 e. The number of aryl methyl sites for hydroxylation is 1. The van der Waals surface area contributed by atoms with Crippen molar-refractivity contribution in [1.29, 1.82) is 0 Å². The lowest BCUT2D eigenvalue weighted by molar-refractivity contribution is 0.571. The normalized spacial score (nSPS) is 18.2. The minimum atomic E-state index is 0.312. The summed E-state index contributed by atoms with van der Waals surface area (Å²) in [4.78, 5) is 0. The van der Waals surface area contributed by atoms with Crippen LogP contribution in [0.1, 0.15) is 30.1 Å². The van der Waals surface area contributed by atoms with Crippen LogP contribution in [0.2, 0.25) is 5.02 Å². The molecule has 1 aliphatic carbocycles. The smallest absolute Gasteiger partial charge is 0.0548 e. The first-order valence-electron chi connectivity index (χ1n) is 6.37. The first-order chi connectivity index (χ1) is 9.15. The number of hydrogen-bond donors (Lipinski definition) is 1. The molecule has 0 bridgehead atoms. The standard InChI is InChI=1S/C14H15BrClN3/c1-19-14-4-2-3-12(10(14)8-17-19)18-13-7-9(16)5-6-11(13)15/h5-8,12,18H,2-4H2,1H3. The van der Waals surface area contributed by atoms with E-state index in [9.17, 15) is 0 Å². The van der Waals surface area contributed by atoms with Gasteiger partial charge in [0.15, 0.2) is 0 Å². The zero-order valence-electron chi connectivity index (χ0n) is 10.7. The summed E-state index contributed by atoms with van der Waals surface area (Å²) in [6, 6.07) is 6.12. The van der Waals surface area contributed by atoms with Gasteiger partial charge in [0.1, 0.15) is 0 Å². The fourth-order valence-electron chi connectivity index (χ4n) is 2.65. The van der Waals surface area contributed by atoms with Crippen molar-refractivity contribution in [3.63, 3.8) is 0 Å². The summed E-state index contributed by atoms with van der Waals surface area (Å²) in [7, 11) is 2.01. The second kappa shape index (κ2) is 5.17. The van der Waals surface area contributed by atoms with Crippen molar-refractivity contribution >= 4 is 33.2 Å². The van der Waals surface area contributed by atoms with Crippen LogP contribution in [0.15, 0.2) is 28.9 Å². The third-order valence-electron chi connectivity index (χ3n) is 3.63. The first-order valence-corrected chi connectivity index (χ1v) is 7.54. The van der Waals surface area contributed by atoms with E-state index in [4.69, 9.17) is 11.6 Å². The van der Waals surface area contributed by atoms with Crippen molar-refractivity contribution in [3.8, 4) is 0 Å². The molecule has 1 aliphatic rings. The average Bonchev–Trinajstić information content (AvgIpc) is 2.77. The molecule has 1 heterocycles. The van der Waals surface area contributed by atoms with Crippen LogP contribution in [0.4, 0.5) is 5.69 Å². The van der Waals surface area contributed by atoms with Gasteiger partial charge in [0.05, 0.1) is 17.9 Å². The molecule has 0 saturated heterocycles. The lowest BCUT2D eigenvalue weighted by atomic mass is 9.93. The van der Waals surface area contributed by atoms with Gasteiger partial charge in [-0.15, -0.1) is 0 Å². The zero-order valence-corrected chi connectivity index (χ0v) is 13.0. The largest absolute Gasteiger partial charge is 0.377 e. The first kappa shape index (κ1) is 13.0. The molecule has 3 nitrogen and oxygen atoms in total. The molecule has 1 unspecified atom stereocenters. The van der Waals surface area contributed by atoms with Crippen LogP contribution < -0.4 is 5.32 Å². The van der Waals surface area contributed by atoms with E-state index in [-0.39, 0.29) is 0 Å². The Labute approximate surface area is 126 Å². The van der Waals surface area contributed by atoms with Crippen molar-refractivity contribution in [2.24, 2.45) is 7.05 Å². The van der Waals surface area contributed by atoms with Gasteiger partial charge in [-0.25, -0.2) is 0 Å². The topological polar surface area (TPSA) is 29.9 Å². The molecule has 0 spiro atoms. The van der Waals surface area contributed by atoms with E-state index in [0.717, 1.165) is 28.0 Å². The third kappa shape index (κ3) is 2.51. The number of fused-ring (bicyclic) bond motifs is 1. The molecule has 0 fully saturated rings. The van der Waals surface area contributed by atoms with Crippen LogP contribution in [-0.4, -0.2) is 9.78 Å². The van der Waals surface area contributed by atoms with Gasteiger partial charge in [-0.05, 0) is 53.4 Å². The Balaban J connectivity index is 1.90. The van der Waals surface area contributed by atoms with E-state index < -0.39 is 0 Å². The Morgan fingerprint density at radius 3 is 3.16 bits per heavy atom. The number of halogens is 2. The van der Waals surface area contributed by atoms with Gasteiger partial charge in [-0.1, -0.05) is 11.6 Å². The van der Waals surface area contributed by atoms with E-state index in [1.807, 2.05) is 36.1 Å². The zero-order chi connectivity index (χ0) is 13.4. The summed E-state index contributed by atoms with van der Waals surface area (Å²) in [5.74, 6) is 0. The van der Waals surface area contributed by atoms with Gasteiger partial charge >= 0.3 is 0 Å². The van der Waals surface area contributed by atoms with Crippen LogP contribution in [-0.2, 0) is 13.5 Å².